The Morgan fingerprint density at radius 1 is 1.04 bits per heavy atom. The first-order valence-electron chi connectivity index (χ1n) is 8.25. The van der Waals surface area contributed by atoms with E-state index in [0.29, 0.717) is 5.89 Å². The molecule has 3 heterocycles. The van der Waals surface area contributed by atoms with Crippen molar-refractivity contribution in [2.75, 3.05) is 16.9 Å². The van der Waals surface area contributed by atoms with Crippen molar-refractivity contribution in [2.45, 2.75) is 6.54 Å². The number of para-hydroxylation sites is 2. The first-order chi connectivity index (χ1) is 12.4. The molecule has 2 aromatic carbocycles. The number of fused-ring (bicyclic) bond motifs is 2. The smallest absolute Gasteiger partial charge is 0.227 e. The summed E-state index contributed by atoms with van der Waals surface area (Å²) >= 11 is 0. The summed E-state index contributed by atoms with van der Waals surface area (Å²) < 4.78 is 5.87. The number of rotatable bonds is 3. The quantitative estimate of drug-likeness (QED) is 0.608. The summed E-state index contributed by atoms with van der Waals surface area (Å²) in [5.74, 6) is 0.647. The minimum absolute atomic E-state index is 0.647. The van der Waals surface area contributed by atoms with Crippen molar-refractivity contribution in [3.8, 4) is 11.5 Å². The molecule has 0 aliphatic carbocycles. The SMILES string of the molecule is c1ccc(CN2CNc3cc(-c4nc5ccccc5o4)ccc32)nc1. The standard InChI is InChI=1S/C20H16N4O/c1-2-7-19-16(6-1)23-20(25-19)14-8-9-18-17(11-14)22-13-24(18)12-15-5-3-4-10-21-15/h1-11,22H,12-13H2. The van der Waals surface area contributed by atoms with Gasteiger partial charge in [0, 0.05) is 11.8 Å². The molecule has 0 fully saturated rings. The van der Waals surface area contributed by atoms with Gasteiger partial charge in [0.05, 0.1) is 30.3 Å². The molecule has 5 nitrogen and oxygen atoms in total. The molecule has 1 aliphatic heterocycles. The van der Waals surface area contributed by atoms with Gasteiger partial charge in [0.15, 0.2) is 5.58 Å². The van der Waals surface area contributed by atoms with E-state index in [0.717, 1.165) is 41.3 Å². The van der Waals surface area contributed by atoms with Gasteiger partial charge in [0.25, 0.3) is 0 Å². The fourth-order valence-corrected chi connectivity index (χ4v) is 3.18. The predicted molar refractivity (Wildman–Crippen MR) is 98.4 cm³/mol. The second-order valence-corrected chi connectivity index (χ2v) is 6.07. The van der Waals surface area contributed by atoms with E-state index in [9.17, 15) is 0 Å². The summed E-state index contributed by atoms with van der Waals surface area (Å²) in [5.41, 5.74) is 5.98. The number of benzene rings is 2. The van der Waals surface area contributed by atoms with Crippen LogP contribution < -0.4 is 10.2 Å². The van der Waals surface area contributed by atoms with Crippen LogP contribution >= 0.6 is 0 Å². The Morgan fingerprint density at radius 2 is 1.96 bits per heavy atom. The van der Waals surface area contributed by atoms with Crippen molar-refractivity contribution in [3.05, 3.63) is 72.6 Å². The van der Waals surface area contributed by atoms with Gasteiger partial charge in [0.2, 0.25) is 5.89 Å². The minimum atomic E-state index is 0.647. The van der Waals surface area contributed by atoms with E-state index in [-0.39, 0.29) is 0 Å². The normalized spacial score (nSPS) is 13.0. The Labute approximate surface area is 144 Å². The number of oxazole rings is 1. The summed E-state index contributed by atoms with van der Waals surface area (Å²) in [4.78, 5) is 11.3. The van der Waals surface area contributed by atoms with Gasteiger partial charge in [-0.2, -0.15) is 0 Å². The third-order valence-electron chi connectivity index (χ3n) is 4.42. The Balaban J connectivity index is 1.46. The third kappa shape index (κ3) is 2.50. The van der Waals surface area contributed by atoms with Crippen molar-refractivity contribution >= 4 is 22.5 Å². The van der Waals surface area contributed by atoms with Crippen LogP contribution in [0.4, 0.5) is 11.4 Å². The van der Waals surface area contributed by atoms with E-state index in [4.69, 9.17) is 4.42 Å². The van der Waals surface area contributed by atoms with Crippen LogP contribution in [-0.2, 0) is 6.54 Å². The molecule has 0 saturated heterocycles. The fourth-order valence-electron chi connectivity index (χ4n) is 3.18. The molecule has 1 aliphatic rings. The zero-order valence-corrected chi connectivity index (χ0v) is 13.5. The summed E-state index contributed by atoms with van der Waals surface area (Å²) in [7, 11) is 0. The Hall–Kier alpha value is -3.34. The Kier molecular flexibility index (Phi) is 3.16. The lowest BCUT2D eigenvalue weighted by Crippen LogP contribution is -2.22. The number of aromatic nitrogens is 2. The third-order valence-corrected chi connectivity index (χ3v) is 4.42. The van der Waals surface area contributed by atoms with Gasteiger partial charge in [0.1, 0.15) is 5.52 Å². The van der Waals surface area contributed by atoms with Crippen molar-refractivity contribution in [3.63, 3.8) is 0 Å². The van der Waals surface area contributed by atoms with E-state index in [2.05, 4.69) is 38.4 Å². The Bertz CT molecular complexity index is 1010. The summed E-state index contributed by atoms with van der Waals surface area (Å²) in [6.45, 7) is 1.55. The number of hydrogen-bond acceptors (Lipinski definition) is 5. The van der Waals surface area contributed by atoms with Crippen molar-refractivity contribution in [1.29, 1.82) is 0 Å². The Morgan fingerprint density at radius 3 is 2.84 bits per heavy atom. The van der Waals surface area contributed by atoms with E-state index in [1.54, 1.807) is 0 Å². The number of anilines is 2. The highest BCUT2D eigenvalue weighted by Crippen LogP contribution is 2.36. The van der Waals surface area contributed by atoms with Crippen molar-refractivity contribution in [2.24, 2.45) is 0 Å². The van der Waals surface area contributed by atoms with Gasteiger partial charge in [-0.15, -0.1) is 0 Å². The van der Waals surface area contributed by atoms with Gasteiger partial charge in [-0.3, -0.25) is 4.98 Å². The van der Waals surface area contributed by atoms with Crippen LogP contribution in [-0.4, -0.2) is 16.6 Å². The van der Waals surface area contributed by atoms with Crippen LogP contribution in [0.15, 0.2) is 71.3 Å². The molecule has 0 spiro atoms. The molecule has 25 heavy (non-hydrogen) atoms. The van der Waals surface area contributed by atoms with Crippen LogP contribution in [0.25, 0.3) is 22.6 Å². The van der Waals surface area contributed by atoms with E-state index in [1.165, 1.54) is 5.69 Å². The van der Waals surface area contributed by atoms with E-state index >= 15 is 0 Å². The number of pyridine rings is 1. The van der Waals surface area contributed by atoms with Gasteiger partial charge >= 0.3 is 0 Å². The molecular weight excluding hydrogens is 312 g/mol. The van der Waals surface area contributed by atoms with Crippen LogP contribution in [0.5, 0.6) is 0 Å². The number of nitrogens with zero attached hydrogens (tertiary/aromatic N) is 3. The molecule has 0 saturated carbocycles. The second-order valence-electron chi connectivity index (χ2n) is 6.07. The van der Waals surface area contributed by atoms with Gasteiger partial charge in [-0.25, -0.2) is 4.98 Å². The average Bonchev–Trinajstić information content (AvgIpc) is 3.26. The molecule has 5 heteroatoms. The zero-order chi connectivity index (χ0) is 16.6. The maximum absolute atomic E-state index is 5.87. The second kappa shape index (κ2) is 5.63. The number of nitrogens with one attached hydrogen (secondary N) is 1. The monoisotopic (exact) mass is 328 g/mol. The van der Waals surface area contributed by atoms with Gasteiger partial charge in [-0.1, -0.05) is 18.2 Å². The highest BCUT2D eigenvalue weighted by atomic mass is 16.3. The molecule has 2 aromatic heterocycles. The topological polar surface area (TPSA) is 54.2 Å². The molecule has 0 amide bonds. The maximum Gasteiger partial charge on any atom is 0.227 e. The molecular formula is C20H16N4O. The van der Waals surface area contributed by atoms with Crippen LogP contribution in [0, 0.1) is 0 Å². The van der Waals surface area contributed by atoms with E-state index < -0.39 is 0 Å². The predicted octanol–water partition coefficient (Wildman–Crippen LogP) is 4.28. The lowest BCUT2D eigenvalue weighted by molar-refractivity contribution is 0.620. The highest BCUT2D eigenvalue weighted by Gasteiger charge is 2.20. The first kappa shape index (κ1) is 14.0. The van der Waals surface area contributed by atoms with Crippen LogP contribution in [0.2, 0.25) is 0 Å². The lowest BCUT2D eigenvalue weighted by atomic mass is 10.1. The molecule has 4 aromatic rings. The van der Waals surface area contributed by atoms with Crippen molar-refractivity contribution < 1.29 is 4.42 Å². The lowest BCUT2D eigenvalue weighted by Gasteiger charge is -2.17. The molecule has 5 rings (SSSR count). The first-order valence-corrected chi connectivity index (χ1v) is 8.25. The molecule has 0 unspecified atom stereocenters. The largest absolute Gasteiger partial charge is 0.436 e. The van der Waals surface area contributed by atoms with Crippen molar-refractivity contribution in [1.82, 2.24) is 9.97 Å². The highest BCUT2D eigenvalue weighted by molar-refractivity contribution is 5.81. The summed E-state index contributed by atoms with van der Waals surface area (Å²) in [5, 5.41) is 3.44. The summed E-state index contributed by atoms with van der Waals surface area (Å²) in [6, 6.07) is 20.1. The molecule has 0 atom stereocenters. The minimum Gasteiger partial charge on any atom is -0.436 e. The van der Waals surface area contributed by atoms with Gasteiger partial charge in [-0.05, 0) is 42.5 Å². The molecule has 122 valence electrons. The van der Waals surface area contributed by atoms with Crippen LogP contribution in [0.3, 0.4) is 0 Å². The van der Waals surface area contributed by atoms with Gasteiger partial charge < -0.3 is 14.6 Å². The van der Waals surface area contributed by atoms with Crippen LogP contribution in [0.1, 0.15) is 5.69 Å². The molecule has 0 bridgehead atoms. The number of hydrogen-bond donors (Lipinski definition) is 1. The maximum atomic E-state index is 5.87. The molecule has 0 radical (unpaired) electrons. The summed E-state index contributed by atoms with van der Waals surface area (Å²) in [6.07, 6.45) is 1.83. The van der Waals surface area contributed by atoms with E-state index in [1.807, 2.05) is 48.7 Å². The zero-order valence-electron chi connectivity index (χ0n) is 13.5. The average molecular weight is 328 g/mol. The molecule has 1 N–H and O–H groups in total. The fraction of sp³-hybridized carbons (Fsp3) is 0.100.